The molecule has 0 unspecified atom stereocenters. The highest BCUT2D eigenvalue weighted by molar-refractivity contribution is 6.37. The average molecular weight is 652 g/mol. The lowest BCUT2D eigenvalue weighted by Gasteiger charge is -2.12. The van der Waals surface area contributed by atoms with E-state index >= 15 is 0 Å². The number of para-hydroxylation sites is 1. The van der Waals surface area contributed by atoms with Crippen molar-refractivity contribution in [3.63, 3.8) is 0 Å². The van der Waals surface area contributed by atoms with Crippen molar-refractivity contribution >= 4 is 71.1 Å². The van der Waals surface area contributed by atoms with Crippen molar-refractivity contribution in [2.45, 2.75) is 0 Å². The van der Waals surface area contributed by atoms with Crippen LogP contribution in [-0.2, 0) is 0 Å². The number of aromatic nitrogens is 5. The fourth-order valence-electron chi connectivity index (χ4n) is 8.37. The van der Waals surface area contributed by atoms with Gasteiger partial charge in [0.05, 0.1) is 33.0 Å². The van der Waals surface area contributed by atoms with Crippen molar-refractivity contribution in [3.05, 3.63) is 152 Å². The van der Waals surface area contributed by atoms with Crippen LogP contribution in [0.3, 0.4) is 0 Å². The monoisotopic (exact) mass is 651 g/mol. The number of rotatable bonds is 4. The molecule has 51 heavy (non-hydrogen) atoms. The molecule has 0 aliphatic heterocycles. The molecule has 5 aromatic heterocycles. The Morgan fingerprint density at radius 2 is 0.980 bits per heavy atom. The summed E-state index contributed by atoms with van der Waals surface area (Å²) < 4.78 is 11.4. The summed E-state index contributed by atoms with van der Waals surface area (Å²) in [6, 6.07) is 52.8. The number of hydrogen-bond acceptors (Lipinski definition) is 4. The molecule has 6 nitrogen and oxygen atoms in total. The van der Waals surface area contributed by atoms with E-state index in [0.29, 0.717) is 17.5 Å². The smallest absolute Gasteiger partial charge is 0.164 e. The molecule has 0 N–H and O–H groups in total. The molecular weight excluding hydrogens is 627 g/mol. The molecule has 12 rings (SSSR count). The van der Waals surface area contributed by atoms with Gasteiger partial charge in [-0.1, -0.05) is 97.1 Å². The van der Waals surface area contributed by atoms with Gasteiger partial charge < -0.3 is 13.4 Å². The van der Waals surface area contributed by atoms with Gasteiger partial charge in [0.15, 0.2) is 17.5 Å². The fourth-order valence-corrected chi connectivity index (χ4v) is 8.37. The van der Waals surface area contributed by atoms with E-state index in [1.165, 1.54) is 48.9 Å². The predicted octanol–water partition coefficient (Wildman–Crippen LogP) is 11.3. The van der Waals surface area contributed by atoms with E-state index in [4.69, 9.17) is 19.4 Å². The molecule has 0 aliphatic carbocycles. The van der Waals surface area contributed by atoms with E-state index in [2.05, 4.69) is 100.0 Å². The molecule has 0 saturated heterocycles. The molecule has 0 amide bonds. The molecule has 7 aromatic carbocycles. The molecule has 12 aromatic rings. The minimum absolute atomic E-state index is 0.626. The minimum atomic E-state index is 0.626. The van der Waals surface area contributed by atoms with E-state index in [1.807, 2.05) is 60.7 Å². The average Bonchev–Trinajstić information content (AvgIpc) is 3.83. The van der Waals surface area contributed by atoms with Crippen LogP contribution in [-0.4, -0.2) is 23.9 Å². The molecular formula is C45H25N5O. The second kappa shape index (κ2) is 9.77. The lowest BCUT2D eigenvalue weighted by molar-refractivity contribution is 0.669. The summed E-state index contributed by atoms with van der Waals surface area (Å²) in [6.45, 7) is 0. The molecule has 0 fully saturated rings. The Bertz CT molecular complexity index is 3240. The van der Waals surface area contributed by atoms with Crippen LogP contribution in [0.2, 0.25) is 0 Å². The van der Waals surface area contributed by atoms with Crippen molar-refractivity contribution in [2.75, 3.05) is 0 Å². The summed E-state index contributed by atoms with van der Waals surface area (Å²) >= 11 is 0. The van der Waals surface area contributed by atoms with Gasteiger partial charge in [-0.3, -0.25) is 0 Å². The first kappa shape index (κ1) is 26.9. The highest BCUT2D eigenvalue weighted by atomic mass is 16.3. The van der Waals surface area contributed by atoms with Crippen LogP contribution in [0.1, 0.15) is 0 Å². The van der Waals surface area contributed by atoms with Crippen LogP contribution in [0, 0.1) is 0 Å². The molecule has 236 valence electrons. The van der Waals surface area contributed by atoms with E-state index in [1.54, 1.807) is 0 Å². The third-order valence-corrected chi connectivity index (χ3v) is 10.5. The maximum absolute atomic E-state index is 6.58. The van der Waals surface area contributed by atoms with Crippen molar-refractivity contribution in [1.29, 1.82) is 0 Å². The predicted molar refractivity (Wildman–Crippen MR) is 206 cm³/mol. The third kappa shape index (κ3) is 3.57. The van der Waals surface area contributed by atoms with E-state index in [-0.39, 0.29) is 0 Å². The second-order valence-corrected chi connectivity index (χ2v) is 13.2. The number of nitrogens with zero attached hydrogens (tertiary/aromatic N) is 5. The Morgan fingerprint density at radius 1 is 0.392 bits per heavy atom. The zero-order valence-electron chi connectivity index (χ0n) is 27.1. The highest BCUT2D eigenvalue weighted by Crippen LogP contribution is 2.48. The molecule has 0 saturated carbocycles. The zero-order chi connectivity index (χ0) is 33.2. The lowest BCUT2D eigenvalue weighted by Crippen LogP contribution is -2.01. The van der Waals surface area contributed by atoms with Gasteiger partial charge in [0.2, 0.25) is 0 Å². The van der Waals surface area contributed by atoms with E-state index < -0.39 is 0 Å². The van der Waals surface area contributed by atoms with Gasteiger partial charge in [-0.05, 0) is 54.6 Å². The second-order valence-electron chi connectivity index (χ2n) is 13.2. The summed E-state index contributed by atoms with van der Waals surface area (Å²) in [6.07, 6.45) is 0. The van der Waals surface area contributed by atoms with E-state index in [0.717, 1.165) is 44.6 Å². The van der Waals surface area contributed by atoms with Crippen LogP contribution in [0.5, 0.6) is 0 Å². The summed E-state index contributed by atoms with van der Waals surface area (Å²) in [5, 5.41) is 7.23. The first-order valence-corrected chi connectivity index (χ1v) is 17.1. The van der Waals surface area contributed by atoms with Gasteiger partial charge in [-0.2, -0.15) is 0 Å². The van der Waals surface area contributed by atoms with Crippen molar-refractivity contribution in [1.82, 2.24) is 23.9 Å². The molecule has 0 aliphatic rings. The highest BCUT2D eigenvalue weighted by Gasteiger charge is 2.26. The quantitative estimate of drug-likeness (QED) is 0.190. The fraction of sp³-hybridized carbons (Fsp3) is 0. The SMILES string of the molecule is c1ccc(-c2nc(-c3ccccc3)nc(-c3cccc(-n4c5ccc6oc7ccc8c9ccccc9n9c%10cccc4c%10c5c6c7c89)c3)n2)cc1. The van der Waals surface area contributed by atoms with Crippen molar-refractivity contribution in [2.24, 2.45) is 0 Å². The summed E-state index contributed by atoms with van der Waals surface area (Å²) in [4.78, 5) is 15.0. The Hall–Kier alpha value is -7.05. The third-order valence-electron chi connectivity index (χ3n) is 10.5. The molecule has 0 radical (unpaired) electrons. The number of fused-ring (bicyclic) bond motifs is 4. The molecule has 6 heteroatoms. The van der Waals surface area contributed by atoms with Crippen LogP contribution in [0.25, 0.3) is 111 Å². The lowest BCUT2D eigenvalue weighted by atomic mass is 10.0. The van der Waals surface area contributed by atoms with Crippen molar-refractivity contribution < 1.29 is 4.42 Å². The Balaban J connectivity index is 1.16. The summed E-state index contributed by atoms with van der Waals surface area (Å²) in [5.74, 6) is 1.91. The normalized spacial score (nSPS) is 12.3. The largest absolute Gasteiger partial charge is 0.456 e. The summed E-state index contributed by atoms with van der Waals surface area (Å²) in [5.41, 5.74) is 11.5. The molecule has 0 spiro atoms. The zero-order valence-corrected chi connectivity index (χ0v) is 27.1. The van der Waals surface area contributed by atoms with Gasteiger partial charge in [0, 0.05) is 49.3 Å². The number of benzene rings is 7. The first-order chi connectivity index (χ1) is 25.3. The standard InChI is InChI=1S/C45H25N5O/c1-3-11-26(12-4-1)43-46-44(27-13-5-2-6-14-27)48-45(47-43)28-15-9-16-29(25-28)49-33-19-10-20-34-38(33)39-35(49)22-24-36-40(39)41-37(51-36)23-21-31-30-17-7-8-18-32(30)50(34)42(31)41/h1-25H. The van der Waals surface area contributed by atoms with Crippen LogP contribution < -0.4 is 0 Å². The van der Waals surface area contributed by atoms with Gasteiger partial charge >= 0.3 is 0 Å². The minimum Gasteiger partial charge on any atom is -0.456 e. The van der Waals surface area contributed by atoms with Crippen LogP contribution in [0.4, 0.5) is 0 Å². The number of furan rings is 1. The maximum Gasteiger partial charge on any atom is 0.164 e. The van der Waals surface area contributed by atoms with Crippen molar-refractivity contribution in [3.8, 4) is 39.9 Å². The topological polar surface area (TPSA) is 61.2 Å². The van der Waals surface area contributed by atoms with Crippen LogP contribution in [0.15, 0.2) is 156 Å². The van der Waals surface area contributed by atoms with Gasteiger partial charge in [-0.25, -0.2) is 15.0 Å². The number of hydrogen-bond donors (Lipinski definition) is 0. The van der Waals surface area contributed by atoms with Gasteiger partial charge in [-0.15, -0.1) is 0 Å². The molecule has 5 heterocycles. The Morgan fingerprint density at radius 3 is 1.76 bits per heavy atom. The summed E-state index contributed by atoms with van der Waals surface area (Å²) in [7, 11) is 0. The molecule has 0 bridgehead atoms. The Kier molecular flexibility index (Phi) is 5.14. The Labute approximate surface area is 290 Å². The van der Waals surface area contributed by atoms with Gasteiger partial charge in [0.25, 0.3) is 0 Å². The van der Waals surface area contributed by atoms with Crippen LogP contribution >= 0.6 is 0 Å². The maximum atomic E-state index is 6.58. The van der Waals surface area contributed by atoms with Gasteiger partial charge in [0.1, 0.15) is 11.2 Å². The molecule has 0 atom stereocenters. The first-order valence-electron chi connectivity index (χ1n) is 17.1. The van der Waals surface area contributed by atoms with E-state index in [9.17, 15) is 0 Å².